The molecule has 0 spiro atoms. The molecule has 0 amide bonds. The maximum atomic E-state index is 10.7. The van der Waals surface area contributed by atoms with Crippen LogP contribution in [0, 0.1) is 11.3 Å². The number of halogens is 1. The van der Waals surface area contributed by atoms with E-state index in [2.05, 4.69) is 0 Å². The van der Waals surface area contributed by atoms with Crippen molar-refractivity contribution in [3.8, 4) is 11.8 Å². The van der Waals surface area contributed by atoms with Gasteiger partial charge in [0.1, 0.15) is 17.4 Å². The molecule has 0 heterocycles. The maximum Gasteiger partial charge on any atom is 0.339 e. The number of hydrogen-bond donors (Lipinski definition) is 2. The summed E-state index contributed by atoms with van der Waals surface area (Å²) in [6, 6.07) is 4.43. The van der Waals surface area contributed by atoms with Gasteiger partial charge >= 0.3 is 5.97 Å². The highest BCUT2D eigenvalue weighted by molar-refractivity contribution is 6.17. The van der Waals surface area contributed by atoms with E-state index in [1.807, 2.05) is 0 Å². The highest BCUT2D eigenvalue weighted by Crippen LogP contribution is 2.26. The van der Waals surface area contributed by atoms with Gasteiger partial charge in [0.05, 0.1) is 5.56 Å². The SMILES string of the molecule is N#Cc1ccc(CCl)c(C(=O)O)c1O. The molecule has 0 unspecified atom stereocenters. The van der Waals surface area contributed by atoms with Crippen LogP contribution in [0.15, 0.2) is 12.1 Å². The number of carboxylic acid groups (broad SMARTS) is 1. The molecule has 0 fully saturated rings. The molecule has 1 aromatic carbocycles. The zero-order chi connectivity index (χ0) is 10.7. The van der Waals surface area contributed by atoms with Crippen LogP contribution in [0.3, 0.4) is 0 Å². The van der Waals surface area contributed by atoms with Gasteiger partial charge in [-0.05, 0) is 11.6 Å². The molecule has 2 N–H and O–H groups in total. The molecule has 0 radical (unpaired) electrons. The van der Waals surface area contributed by atoms with Crippen molar-refractivity contribution in [1.82, 2.24) is 0 Å². The number of carboxylic acids is 1. The number of carbonyl (C=O) groups is 1. The van der Waals surface area contributed by atoms with Crippen molar-refractivity contribution in [3.63, 3.8) is 0 Å². The normalized spacial score (nSPS) is 9.43. The van der Waals surface area contributed by atoms with Crippen LogP contribution in [-0.4, -0.2) is 16.2 Å². The van der Waals surface area contributed by atoms with E-state index >= 15 is 0 Å². The molecule has 5 heteroatoms. The Morgan fingerprint density at radius 1 is 1.57 bits per heavy atom. The maximum absolute atomic E-state index is 10.7. The second-order valence-electron chi connectivity index (χ2n) is 2.55. The highest BCUT2D eigenvalue weighted by Gasteiger charge is 2.17. The standard InChI is InChI=1S/C9H6ClNO3/c10-3-5-1-2-6(4-11)8(12)7(5)9(13)14/h1-2,12H,3H2,(H,13,14). The Morgan fingerprint density at radius 2 is 2.21 bits per heavy atom. The van der Waals surface area contributed by atoms with E-state index in [4.69, 9.17) is 22.0 Å². The van der Waals surface area contributed by atoms with Crippen molar-refractivity contribution < 1.29 is 15.0 Å². The van der Waals surface area contributed by atoms with Crippen molar-refractivity contribution >= 4 is 17.6 Å². The molecular formula is C9H6ClNO3. The predicted molar refractivity (Wildman–Crippen MR) is 49.3 cm³/mol. The Bertz CT molecular complexity index is 423. The Kier molecular flexibility index (Phi) is 2.95. The molecule has 0 saturated heterocycles. The Morgan fingerprint density at radius 3 is 2.64 bits per heavy atom. The van der Waals surface area contributed by atoms with E-state index in [1.54, 1.807) is 6.07 Å². The number of alkyl halides is 1. The number of hydrogen-bond acceptors (Lipinski definition) is 3. The number of aromatic carboxylic acids is 1. The average Bonchev–Trinajstić information content (AvgIpc) is 2.16. The minimum absolute atomic E-state index is 0.0269. The van der Waals surface area contributed by atoms with E-state index in [-0.39, 0.29) is 22.6 Å². The second-order valence-corrected chi connectivity index (χ2v) is 2.81. The van der Waals surface area contributed by atoms with Crippen molar-refractivity contribution in [2.45, 2.75) is 5.88 Å². The van der Waals surface area contributed by atoms with Gasteiger partial charge in [0, 0.05) is 5.88 Å². The summed E-state index contributed by atoms with van der Waals surface area (Å²) >= 11 is 5.49. The summed E-state index contributed by atoms with van der Waals surface area (Å²) < 4.78 is 0. The molecule has 0 aliphatic carbocycles. The lowest BCUT2D eigenvalue weighted by Crippen LogP contribution is -2.02. The Labute approximate surface area is 85.0 Å². The Balaban J connectivity index is 3.49. The summed E-state index contributed by atoms with van der Waals surface area (Å²) in [7, 11) is 0. The average molecular weight is 212 g/mol. The molecule has 72 valence electrons. The highest BCUT2D eigenvalue weighted by atomic mass is 35.5. The molecule has 0 aliphatic rings. The largest absolute Gasteiger partial charge is 0.506 e. The van der Waals surface area contributed by atoms with E-state index in [0.717, 1.165) is 0 Å². The molecule has 0 aromatic heterocycles. The lowest BCUT2D eigenvalue weighted by molar-refractivity contribution is 0.0692. The summed E-state index contributed by atoms with van der Waals surface area (Å²) in [5.41, 5.74) is -0.0917. The van der Waals surface area contributed by atoms with Crippen molar-refractivity contribution in [1.29, 1.82) is 5.26 Å². The number of aromatic hydroxyl groups is 1. The summed E-state index contributed by atoms with van der Waals surface area (Å²) in [5, 5.41) is 26.7. The quantitative estimate of drug-likeness (QED) is 0.730. The van der Waals surface area contributed by atoms with Crippen LogP contribution < -0.4 is 0 Å². The summed E-state index contributed by atoms with van der Waals surface area (Å²) in [4.78, 5) is 10.7. The van der Waals surface area contributed by atoms with E-state index in [1.165, 1.54) is 12.1 Å². The van der Waals surface area contributed by atoms with Gasteiger partial charge in [-0.3, -0.25) is 0 Å². The smallest absolute Gasteiger partial charge is 0.339 e. The summed E-state index contributed by atoms with van der Waals surface area (Å²) in [6.07, 6.45) is 0. The lowest BCUT2D eigenvalue weighted by atomic mass is 10.0. The van der Waals surface area contributed by atoms with Crippen LogP contribution in [0.4, 0.5) is 0 Å². The van der Waals surface area contributed by atoms with Gasteiger partial charge in [0.15, 0.2) is 0 Å². The van der Waals surface area contributed by atoms with Crippen LogP contribution >= 0.6 is 11.6 Å². The first kappa shape index (κ1) is 10.4. The summed E-state index contributed by atoms with van der Waals surface area (Å²) in [6.45, 7) is 0. The predicted octanol–water partition coefficient (Wildman–Crippen LogP) is 1.70. The van der Waals surface area contributed by atoms with Gasteiger partial charge < -0.3 is 10.2 Å². The third-order valence-electron chi connectivity index (χ3n) is 1.74. The first-order valence-corrected chi connectivity index (χ1v) is 4.19. The first-order chi connectivity index (χ1) is 6.61. The molecule has 1 rings (SSSR count). The minimum Gasteiger partial charge on any atom is -0.506 e. The van der Waals surface area contributed by atoms with Gasteiger partial charge in [0.2, 0.25) is 0 Å². The van der Waals surface area contributed by atoms with Gasteiger partial charge in [-0.15, -0.1) is 11.6 Å². The van der Waals surface area contributed by atoms with Crippen LogP contribution in [0.1, 0.15) is 21.5 Å². The van der Waals surface area contributed by atoms with Crippen molar-refractivity contribution in [3.05, 3.63) is 28.8 Å². The first-order valence-electron chi connectivity index (χ1n) is 3.66. The molecule has 1 aromatic rings. The Hall–Kier alpha value is -1.73. The van der Waals surface area contributed by atoms with Crippen LogP contribution in [0.5, 0.6) is 5.75 Å². The molecular weight excluding hydrogens is 206 g/mol. The zero-order valence-corrected chi connectivity index (χ0v) is 7.75. The van der Waals surface area contributed by atoms with Crippen molar-refractivity contribution in [2.75, 3.05) is 0 Å². The number of phenols is 1. The third kappa shape index (κ3) is 1.63. The molecule has 0 bridgehead atoms. The van der Waals surface area contributed by atoms with Crippen LogP contribution in [-0.2, 0) is 5.88 Å². The van der Waals surface area contributed by atoms with E-state index in [0.29, 0.717) is 0 Å². The monoisotopic (exact) mass is 211 g/mol. The number of benzene rings is 1. The topological polar surface area (TPSA) is 81.3 Å². The lowest BCUT2D eigenvalue weighted by Gasteiger charge is -2.05. The van der Waals surface area contributed by atoms with Crippen LogP contribution in [0.2, 0.25) is 0 Å². The molecule has 0 saturated carbocycles. The number of nitriles is 1. The van der Waals surface area contributed by atoms with Gasteiger partial charge in [-0.1, -0.05) is 6.07 Å². The van der Waals surface area contributed by atoms with Crippen LogP contribution in [0.25, 0.3) is 0 Å². The fraction of sp³-hybridized carbons (Fsp3) is 0.111. The third-order valence-corrected chi connectivity index (χ3v) is 2.03. The van der Waals surface area contributed by atoms with Gasteiger partial charge in [-0.2, -0.15) is 5.26 Å². The van der Waals surface area contributed by atoms with Gasteiger partial charge in [0.25, 0.3) is 0 Å². The summed E-state index contributed by atoms with van der Waals surface area (Å²) in [5.74, 6) is -1.85. The molecule has 4 nitrogen and oxygen atoms in total. The van der Waals surface area contributed by atoms with Crippen molar-refractivity contribution in [2.24, 2.45) is 0 Å². The molecule has 0 atom stereocenters. The second kappa shape index (κ2) is 3.99. The van der Waals surface area contributed by atoms with E-state index in [9.17, 15) is 9.90 Å². The number of rotatable bonds is 2. The fourth-order valence-electron chi connectivity index (χ4n) is 1.07. The van der Waals surface area contributed by atoms with Gasteiger partial charge in [-0.25, -0.2) is 4.79 Å². The molecule has 14 heavy (non-hydrogen) atoms. The zero-order valence-electron chi connectivity index (χ0n) is 6.99. The minimum atomic E-state index is -1.30. The van der Waals surface area contributed by atoms with E-state index < -0.39 is 11.7 Å². The fourth-order valence-corrected chi connectivity index (χ4v) is 1.30. The molecule has 0 aliphatic heterocycles. The number of nitrogens with zero attached hydrogens (tertiary/aromatic N) is 1.